The number of rotatable bonds is 1. The van der Waals surface area contributed by atoms with Gasteiger partial charge >= 0.3 is 0 Å². The predicted molar refractivity (Wildman–Crippen MR) is 29.2 cm³/mol. The van der Waals surface area contributed by atoms with Crippen LogP contribution in [0.5, 0.6) is 0 Å². The predicted octanol–water partition coefficient (Wildman–Crippen LogP) is 1.35. The van der Waals surface area contributed by atoms with Crippen LogP contribution < -0.4 is 0 Å². The fourth-order valence-corrected chi connectivity index (χ4v) is 0.620. The number of hydrogen-bond acceptors (Lipinski definition) is 1. The van der Waals surface area contributed by atoms with E-state index in [2.05, 4.69) is 6.08 Å². The molecule has 1 fully saturated rings. The van der Waals surface area contributed by atoms with E-state index in [-0.39, 0.29) is 0 Å². The van der Waals surface area contributed by atoms with Crippen LogP contribution in [0.15, 0.2) is 12.2 Å². The van der Waals surface area contributed by atoms with E-state index in [4.69, 9.17) is 4.74 Å². The summed E-state index contributed by atoms with van der Waals surface area (Å²) in [5, 5.41) is 0. The van der Waals surface area contributed by atoms with E-state index in [9.17, 15) is 0 Å². The maximum absolute atomic E-state index is 5.08. The van der Waals surface area contributed by atoms with Gasteiger partial charge in [-0.2, -0.15) is 0 Å². The summed E-state index contributed by atoms with van der Waals surface area (Å²) < 4.78 is 5.08. The molecule has 0 N–H and O–H groups in total. The third-order valence-electron chi connectivity index (χ3n) is 1.14. The van der Waals surface area contributed by atoms with Crippen molar-refractivity contribution in [2.75, 3.05) is 6.61 Å². The molecular formula is C6H10O. The largest absolute Gasteiger partial charge is 0.374 e. The lowest BCUT2D eigenvalue weighted by molar-refractivity contribution is -0.0185. The molecule has 7 heavy (non-hydrogen) atoms. The smallest absolute Gasteiger partial charge is 0.0777 e. The van der Waals surface area contributed by atoms with E-state index in [1.54, 1.807) is 0 Å². The summed E-state index contributed by atoms with van der Waals surface area (Å²) in [6.07, 6.45) is 5.78. The van der Waals surface area contributed by atoms with Gasteiger partial charge in [0.1, 0.15) is 0 Å². The van der Waals surface area contributed by atoms with E-state index < -0.39 is 0 Å². The molecule has 0 aromatic carbocycles. The van der Waals surface area contributed by atoms with Crippen LogP contribution in [0, 0.1) is 0 Å². The summed E-state index contributed by atoms with van der Waals surface area (Å²) >= 11 is 0. The molecule has 40 valence electrons. The van der Waals surface area contributed by atoms with Gasteiger partial charge in [0.15, 0.2) is 0 Å². The van der Waals surface area contributed by atoms with Gasteiger partial charge in [-0.15, -0.1) is 0 Å². The lowest BCUT2D eigenvalue weighted by Crippen LogP contribution is -2.23. The molecule has 1 heteroatoms. The molecule has 1 nitrogen and oxygen atoms in total. The average molecular weight is 98.1 g/mol. The van der Waals surface area contributed by atoms with Gasteiger partial charge in [-0.3, -0.25) is 0 Å². The monoisotopic (exact) mass is 98.1 g/mol. The molecular weight excluding hydrogens is 88.1 g/mol. The topological polar surface area (TPSA) is 9.23 Å². The van der Waals surface area contributed by atoms with Crippen LogP contribution in [-0.2, 0) is 4.74 Å². The summed E-state index contributed by atoms with van der Waals surface area (Å²) in [4.78, 5) is 0. The third-order valence-corrected chi connectivity index (χ3v) is 1.14. The Balaban J connectivity index is 2.14. The highest BCUT2D eigenvalue weighted by molar-refractivity contribution is 4.90. The first-order valence-corrected chi connectivity index (χ1v) is 2.68. The molecule has 0 aromatic rings. The van der Waals surface area contributed by atoms with Crippen LogP contribution in [0.2, 0.25) is 0 Å². The Morgan fingerprint density at radius 3 is 2.57 bits per heavy atom. The molecule has 0 amide bonds. The lowest BCUT2D eigenvalue weighted by Gasteiger charge is -2.22. The molecule has 0 aliphatic carbocycles. The van der Waals surface area contributed by atoms with E-state index >= 15 is 0 Å². The summed E-state index contributed by atoms with van der Waals surface area (Å²) in [6.45, 7) is 2.97. The molecule has 1 aliphatic rings. The first-order valence-electron chi connectivity index (χ1n) is 2.68. The molecule has 1 unspecified atom stereocenters. The van der Waals surface area contributed by atoms with Crippen molar-refractivity contribution in [3.63, 3.8) is 0 Å². The van der Waals surface area contributed by atoms with Gasteiger partial charge in [0.05, 0.1) is 12.7 Å². The van der Waals surface area contributed by atoms with Crippen LogP contribution in [0.4, 0.5) is 0 Å². The Bertz CT molecular complexity index is 72.2. The van der Waals surface area contributed by atoms with Gasteiger partial charge in [0.2, 0.25) is 0 Å². The van der Waals surface area contributed by atoms with Crippen LogP contribution in [0.3, 0.4) is 0 Å². The molecule has 0 aromatic heterocycles. The van der Waals surface area contributed by atoms with Crippen molar-refractivity contribution in [2.45, 2.75) is 19.4 Å². The molecule has 1 atom stereocenters. The molecule has 0 saturated carbocycles. The van der Waals surface area contributed by atoms with Gasteiger partial charge in [0.25, 0.3) is 0 Å². The summed E-state index contributed by atoms with van der Waals surface area (Å²) in [7, 11) is 0. The van der Waals surface area contributed by atoms with Crippen molar-refractivity contribution >= 4 is 0 Å². The van der Waals surface area contributed by atoms with E-state index in [1.165, 1.54) is 6.42 Å². The second kappa shape index (κ2) is 2.12. The zero-order chi connectivity index (χ0) is 5.11. The zero-order valence-electron chi connectivity index (χ0n) is 4.55. The third kappa shape index (κ3) is 1.03. The highest BCUT2D eigenvalue weighted by Crippen LogP contribution is 2.10. The zero-order valence-corrected chi connectivity index (χ0v) is 4.55. The number of allylic oxidation sites excluding steroid dienone is 1. The summed E-state index contributed by atoms with van der Waals surface area (Å²) in [5.41, 5.74) is 0. The minimum atomic E-state index is 0.449. The maximum atomic E-state index is 5.08. The lowest BCUT2D eigenvalue weighted by atomic mass is 10.2. The Morgan fingerprint density at radius 1 is 1.71 bits per heavy atom. The fraction of sp³-hybridized carbons (Fsp3) is 0.667. The van der Waals surface area contributed by atoms with Crippen molar-refractivity contribution in [3.05, 3.63) is 12.2 Å². The number of ether oxygens (including phenoxy) is 1. The van der Waals surface area contributed by atoms with Crippen LogP contribution in [-0.4, -0.2) is 12.7 Å². The maximum Gasteiger partial charge on any atom is 0.0777 e. The normalized spacial score (nSPS) is 30.7. The summed E-state index contributed by atoms with van der Waals surface area (Å²) in [5.74, 6) is 0. The Hall–Kier alpha value is -0.300. The molecule has 0 bridgehead atoms. The van der Waals surface area contributed by atoms with Gasteiger partial charge in [-0.25, -0.2) is 0 Å². The highest BCUT2D eigenvalue weighted by atomic mass is 16.5. The van der Waals surface area contributed by atoms with Crippen molar-refractivity contribution in [3.8, 4) is 0 Å². The van der Waals surface area contributed by atoms with Crippen LogP contribution >= 0.6 is 0 Å². The van der Waals surface area contributed by atoms with Crippen molar-refractivity contribution in [1.29, 1.82) is 0 Å². The van der Waals surface area contributed by atoms with Gasteiger partial charge in [-0.05, 0) is 6.92 Å². The van der Waals surface area contributed by atoms with Gasteiger partial charge in [0, 0.05) is 6.42 Å². The number of hydrogen-bond donors (Lipinski definition) is 0. The van der Waals surface area contributed by atoms with E-state index in [1.807, 2.05) is 13.0 Å². The standard InChI is InChI=1S/C6H10O/c1-2-3-6-4-5-7-6/h2-3,6H,4-5H2,1H3. The van der Waals surface area contributed by atoms with Gasteiger partial charge < -0.3 is 4.74 Å². The van der Waals surface area contributed by atoms with Crippen LogP contribution in [0.1, 0.15) is 13.3 Å². The van der Waals surface area contributed by atoms with E-state index in [0.29, 0.717) is 6.10 Å². The minimum absolute atomic E-state index is 0.449. The second-order valence-corrected chi connectivity index (χ2v) is 1.72. The fourth-order valence-electron chi connectivity index (χ4n) is 0.620. The Labute approximate surface area is 44.0 Å². The molecule has 1 heterocycles. The minimum Gasteiger partial charge on any atom is -0.374 e. The van der Waals surface area contributed by atoms with Crippen molar-refractivity contribution < 1.29 is 4.74 Å². The Morgan fingerprint density at radius 2 is 2.43 bits per heavy atom. The summed E-state index contributed by atoms with van der Waals surface area (Å²) in [6, 6.07) is 0. The highest BCUT2D eigenvalue weighted by Gasteiger charge is 2.12. The molecule has 0 radical (unpaired) electrons. The average Bonchev–Trinajstić information content (AvgIpc) is 1.55. The van der Waals surface area contributed by atoms with Crippen molar-refractivity contribution in [1.82, 2.24) is 0 Å². The van der Waals surface area contributed by atoms with Gasteiger partial charge in [-0.1, -0.05) is 12.2 Å². The second-order valence-electron chi connectivity index (χ2n) is 1.72. The van der Waals surface area contributed by atoms with Crippen molar-refractivity contribution in [2.24, 2.45) is 0 Å². The first-order chi connectivity index (χ1) is 3.43. The molecule has 0 spiro atoms. The quantitative estimate of drug-likeness (QED) is 0.450. The SMILES string of the molecule is CC=CC1CCO1. The first kappa shape index (κ1) is 4.85. The van der Waals surface area contributed by atoms with E-state index in [0.717, 1.165) is 6.61 Å². The Kier molecular flexibility index (Phi) is 1.47. The molecule has 1 rings (SSSR count). The van der Waals surface area contributed by atoms with Crippen LogP contribution in [0.25, 0.3) is 0 Å². The molecule has 1 aliphatic heterocycles. The molecule has 1 saturated heterocycles.